The minimum Gasteiger partial charge on any atom is -0.506 e. The molecule has 0 bridgehead atoms. The van der Waals surface area contributed by atoms with Crippen molar-refractivity contribution in [2.24, 2.45) is 5.10 Å². The van der Waals surface area contributed by atoms with Crippen LogP contribution in [0.15, 0.2) is 63.5 Å². The van der Waals surface area contributed by atoms with Crippen LogP contribution in [0, 0.1) is 0 Å². The Balaban J connectivity index is 1.67. The Morgan fingerprint density at radius 3 is 2.41 bits per heavy atom. The van der Waals surface area contributed by atoms with E-state index in [2.05, 4.69) is 31.8 Å². The molecule has 1 aromatic heterocycles. The van der Waals surface area contributed by atoms with Crippen molar-refractivity contribution in [2.75, 3.05) is 5.32 Å². The monoisotopic (exact) mass is 489 g/mol. The molecule has 2 aromatic carbocycles. The van der Waals surface area contributed by atoms with Crippen molar-refractivity contribution >= 4 is 62.0 Å². The number of aromatic hydroxyl groups is 1. The van der Waals surface area contributed by atoms with Crippen molar-refractivity contribution in [1.82, 2.24) is 5.43 Å². The molecule has 0 atom stereocenters. The number of thiocarbonyl (C=S) groups is 1. The van der Waals surface area contributed by atoms with Gasteiger partial charge in [0.15, 0.2) is 5.11 Å². The molecular formula is C20H16BrN3O3S2. The summed E-state index contributed by atoms with van der Waals surface area (Å²) in [7, 11) is 0. The second-order valence-corrected chi connectivity index (χ2v) is 8.18. The van der Waals surface area contributed by atoms with Crippen LogP contribution in [0.25, 0.3) is 10.4 Å². The highest BCUT2D eigenvalue weighted by molar-refractivity contribution is 9.10. The molecule has 3 rings (SSSR count). The van der Waals surface area contributed by atoms with Gasteiger partial charge in [0, 0.05) is 15.5 Å². The zero-order valence-electron chi connectivity index (χ0n) is 15.1. The van der Waals surface area contributed by atoms with Gasteiger partial charge in [-0.3, -0.25) is 5.43 Å². The number of thiophene rings is 1. The Kier molecular flexibility index (Phi) is 6.63. The van der Waals surface area contributed by atoms with E-state index < -0.39 is 5.97 Å². The summed E-state index contributed by atoms with van der Waals surface area (Å²) in [5.41, 5.74) is 5.67. The Morgan fingerprint density at radius 1 is 1.14 bits per heavy atom. The fraction of sp³-hybridized carbons (Fsp3) is 0.0500. The summed E-state index contributed by atoms with van der Waals surface area (Å²) in [5, 5.41) is 28.7. The van der Waals surface area contributed by atoms with Gasteiger partial charge in [-0.05, 0) is 61.1 Å². The van der Waals surface area contributed by atoms with E-state index in [1.807, 2.05) is 29.6 Å². The first-order chi connectivity index (χ1) is 13.8. The lowest BCUT2D eigenvalue weighted by Gasteiger charge is -2.08. The van der Waals surface area contributed by atoms with Gasteiger partial charge in [-0.1, -0.05) is 28.1 Å². The van der Waals surface area contributed by atoms with Gasteiger partial charge in [0.05, 0.1) is 21.7 Å². The predicted octanol–water partition coefficient (Wildman–Crippen LogP) is 5.29. The van der Waals surface area contributed by atoms with Gasteiger partial charge in [-0.2, -0.15) is 5.10 Å². The van der Waals surface area contributed by atoms with Crippen molar-refractivity contribution in [2.45, 2.75) is 6.92 Å². The van der Waals surface area contributed by atoms with Gasteiger partial charge in [-0.25, -0.2) is 4.79 Å². The predicted molar refractivity (Wildman–Crippen MR) is 124 cm³/mol. The topological polar surface area (TPSA) is 94.0 Å². The minimum absolute atomic E-state index is 0.170. The van der Waals surface area contributed by atoms with Gasteiger partial charge in [-0.15, -0.1) is 11.3 Å². The number of halogens is 1. The number of rotatable bonds is 5. The van der Waals surface area contributed by atoms with E-state index in [1.54, 1.807) is 19.1 Å². The van der Waals surface area contributed by atoms with E-state index in [-0.39, 0.29) is 16.4 Å². The van der Waals surface area contributed by atoms with Crippen LogP contribution in [0.1, 0.15) is 22.8 Å². The zero-order valence-corrected chi connectivity index (χ0v) is 18.4. The molecule has 1 heterocycles. The second kappa shape index (κ2) is 9.17. The quantitative estimate of drug-likeness (QED) is 0.221. The van der Waals surface area contributed by atoms with Crippen LogP contribution >= 0.6 is 39.5 Å². The maximum absolute atomic E-state index is 10.9. The third-order valence-corrected chi connectivity index (χ3v) is 5.72. The molecule has 148 valence electrons. The summed E-state index contributed by atoms with van der Waals surface area (Å²) in [6, 6.07) is 13.9. The molecule has 0 aliphatic rings. The van der Waals surface area contributed by atoms with Crippen molar-refractivity contribution in [1.29, 1.82) is 0 Å². The van der Waals surface area contributed by atoms with Gasteiger partial charge in [0.25, 0.3) is 0 Å². The number of nitrogens with zero attached hydrogens (tertiary/aromatic N) is 1. The number of aromatic carboxylic acids is 1. The number of hydrogen-bond donors (Lipinski definition) is 4. The molecule has 0 saturated heterocycles. The fourth-order valence-electron chi connectivity index (χ4n) is 2.46. The summed E-state index contributed by atoms with van der Waals surface area (Å²) in [6.07, 6.45) is 0. The number of nitrogens with one attached hydrogen (secondary N) is 2. The fourth-order valence-corrected chi connectivity index (χ4v) is 3.90. The summed E-state index contributed by atoms with van der Waals surface area (Å²) >= 11 is 10.0. The molecule has 0 unspecified atom stereocenters. The van der Waals surface area contributed by atoms with E-state index in [1.165, 1.54) is 23.5 Å². The van der Waals surface area contributed by atoms with Gasteiger partial charge in [0.2, 0.25) is 0 Å². The Bertz CT molecular complexity index is 1080. The summed E-state index contributed by atoms with van der Waals surface area (Å²) in [5.74, 6) is -0.820. The van der Waals surface area contributed by atoms with E-state index in [4.69, 9.17) is 17.3 Å². The molecule has 0 saturated carbocycles. The molecular weight excluding hydrogens is 474 g/mol. The third kappa shape index (κ3) is 5.20. The highest BCUT2D eigenvalue weighted by Gasteiger charge is 2.14. The standard InChI is InChI=1S/C20H16BrN3O3S2/c1-11(16-10-29-18(17(16)25)12-2-6-14(21)7-3-12)23-24-20(28)22-15-8-4-13(5-9-15)19(26)27/h2-10,25H,1H3,(H,26,27)(H2,22,24,28)/b23-11+. The summed E-state index contributed by atoms with van der Waals surface area (Å²) in [4.78, 5) is 11.6. The van der Waals surface area contributed by atoms with Crippen LogP contribution in [0.2, 0.25) is 0 Å². The molecule has 4 N–H and O–H groups in total. The van der Waals surface area contributed by atoms with E-state index >= 15 is 0 Å². The second-order valence-electron chi connectivity index (χ2n) is 5.98. The largest absolute Gasteiger partial charge is 0.506 e. The molecule has 9 heteroatoms. The van der Waals surface area contributed by atoms with E-state index in [9.17, 15) is 9.90 Å². The molecule has 0 fully saturated rings. The Morgan fingerprint density at radius 2 is 1.79 bits per heavy atom. The number of carbonyl (C=O) groups is 1. The third-order valence-electron chi connectivity index (χ3n) is 3.98. The molecule has 6 nitrogen and oxygen atoms in total. The number of carboxylic acids is 1. The first kappa shape index (κ1) is 21.0. The van der Waals surface area contributed by atoms with Crippen LogP contribution in [-0.4, -0.2) is 27.0 Å². The van der Waals surface area contributed by atoms with Crippen molar-refractivity contribution in [3.63, 3.8) is 0 Å². The lowest BCUT2D eigenvalue weighted by atomic mass is 10.1. The summed E-state index contributed by atoms with van der Waals surface area (Å²) < 4.78 is 0.970. The lowest BCUT2D eigenvalue weighted by molar-refractivity contribution is 0.0697. The van der Waals surface area contributed by atoms with Crippen molar-refractivity contribution in [3.8, 4) is 16.2 Å². The first-order valence-electron chi connectivity index (χ1n) is 8.36. The van der Waals surface area contributed by atoms with E-state index in [0.717, 1.165) is 14.9 Å². The van der Waals surface area contributed by atoms with Gasteiger partial charge < -0.3 is 15.5 Å². The van der Waals surface area contributed by atoms with Crippen molar-refractivity contribution in [3.05, 3.63) is 69.5 Å². The van der Waals surface area contributed by atoms with Crippen LogP contribution in [0.4, 0.5) is 5.69 Å². The molecule has 0 radical (unpaired) electrons. The molecule has 29 heavy (non-hydrogen) atoms. The van der Waals surface area contributed by atoms with Crippen molar-refractivity contribution < 1.29 is 15.0 Å². The summed E-state index contributed by atoms with van der Waals surface area (Å²) in [6.45, 7) is 1.77. The molecule has 0 aliphatic carbocycles. The number of hydrazone groups is 1. The first-order valence-corrected chi connectivity index (χ1v) is 10.4. The molecule has 0 amide bonds. The smallest absolute Gasteiger partial charge is 0.335 e. The number of carboxylic acid groups (broad SMARTS) is 1. The number of anilines is 1. The Hall–Kier alpha value is -2.75. The highest BCUT2D eigenvalue weighted by Crippen LogP contribution is 2.39. The number of hydrogen-bond acceptors (Lipinski definition) is 5. The molecule has 3 aromatic rings. The SMILES string of the molecule is C/C(=N\NC(=S)Nc1ccc(C(=O)O)cc1)c1csc(-c2ccc(Br)cc2)c1O. The van der Waals surface area contributed by atoms with Crippen LogP contribution in [0.5, 0.6) is 5.75 Å². The molecule has 0 spiro atoms. The highest BCUT2D eigenvalue weighted by atomic mass is 79.9. The zero-order chi connectivity index (χ0) is 21.0. The van der Waals surface area contributed by atoms with Gasteiger partial charge >= 0.3 is 5.97 Å². The van der Waals surface area contributed by atoms with Crippen LogP contribution in [-0.2, 0) is 0 Å². The van der Waals surface area contributed by atoms with Gasteiger partial charge in [0.1, 0.15) is 5.75 Å². The van der Waals surface area contributed by atoms with Crippen LogP contribution in [0.3, 0.4) is 0 Å². The normalized spacial score (nSPS) is 11.2. The molecule has 0 aliphatic heterocycles. The Labute approximate surface area is 185 Å². The maximum atomic E-state index is 10.9. The minimum atomic E-state index is -0.990. The van der Waals surface area contributed by atoms with Crippen LogP contribution < -0.4 is 10.7 Å². The average Bonchev–Trinajstić information content (AvgIpc) is 3.08. The van der Waals surface area contributed by atoms with E-state index in [0.29, 0.717) is 17.0 Å². The lowest BCUT2D eigenvalue weighted by Crippen LogP contribution is -2.24. The number of benzene rings is 2. The average molecular weight is 490 g/mol. The maximum Gasteiger partial charge on any atom is 0.335 e.